The Morgan fingerprint density at radius 1 is 1.31 bits per heavy atom. The number of nitrogens with one attached hydrogen (secondary N) is 1. The molecular formula is C10H17N3. The quantitative estimate of drug-likeness (QED) is 0.769. The minimum absolute atomic E-state index is 0.638. The van der Waals surface area contributed by atoms with E-state index < -0.39 is 0 Å². The summed E-state index contributed by atoms with van der Waals surface area (Å²) in [5.74, 6) is 1.49. The molecule has 72 valence electrons. The van der Waals surface area contributed by atoms with Crippen LogP contribution in [-0.2, 0) is 6.42 Å². The van der Waals surface area contributed by atoms with Gasteiger partial charge in [0.2, 0.25) is 0 Å². The Labute approximate surface area is 79.6 Å². The molecule has 1 N–H and O–H groups in total. The summed E-state index contributed by atoms with van der Waals surface area (Å²) in [6, 6.07) is 4.01. The molecular weight excluding hydrogens is 162 g/mol. The van der Waals surface area contributed by atoms with E-state index in [0.29, 0.717) is 5.92 Å². The number of rotatable bonds is 4. The van der Waals surface area contributed by atoms with Crippen LogP contribution in [0.25, 0.3) is 0 Å². The van der Waals surface area contributed by atoms with E-state index in [1.165, 1.54) is 0 Å². The Balaban J connectivity index is 2.59. The first kappa shape index (κ1) is 9.96. The van der Waals surface area contributed by atoms with Gasteiger partial charge in [-0.05, 0) is 31.4 Å². The van der Waals surface area contributed by atoms with Crippen LogP contribution in [-0.4, -0.2) is 16.7 Å². The molecule has 1 rings (SSSR count). The monoisotopic (exact) mass is 179 g/mol. The van der Waals surface area contributed by atoms with E-state index in [9.17, 15) is 0 Å². The SMILES string of the molecule is CCNc1ccc(CC(C)C)nn1. The van der Waals surface area contributed by atoms with Crippen LogP contribution in [0.3, 0.4) is 0 Å². The fourth-order valence-corrected chi connectivity index (χ4v) is 1.16. The molecule has 0 aliphatic carbocycles. The molecule has 0 spiro atoms. The van der Waals surface area contributed by atoms with Crippen LogP contribution in [0.1, 0.15) is 26.5 Å². The molecule has 0 aromatic carbocycles. The molecule has 3 heteroatoms. The fraction of sp³-hybridized carbons (Fsp3) is 0.600. The predicted octanol–water partition coefficient (Wildman–Crippen LogP) is 2.11. The van der Waals surface area contributed by atoms with Gasteiger partial charge in [-0.2, -0.15) is 5.10 Å². The lowest BCUT2D eigenvalue weighted by atomic mass is 10.1. The van der Waals surface area contributed by atoms with E-state index in [1.807, 2.05) is 19.1 Å². The summed E-state index contributed by atoms with van der Waals surface area (Å²) < 4.78 is 0. The number of anilines is 1. The van der Waals surface area contributed by atoms with Gasteiger partial charge in [0.1, 0.15) is 5.82 Å². The first-order valence-corrected chi connectivity index (χ1v) is 4.79. The number of aromatic nitrogens is 2. The molecule has 0 atom stereocenters. The first-order valence-electron chi connectivity index (χ1n) is 4.79. The van der Waals surface area contributed by atoms with Gasteiger partial charge in [-0.25, -0.2) is 0 Å². The van der Waals surface area contributed by atoms with E-state index in [-0.39, 0.29) is 0 Å². The number of nitrogens with zero attached hydrogens (tertiary/aromatic N) is 2. The highest BCUT2D eigenvalue weighted by Gasteiger charge is 1.99. The minimum atomic E-state index is 0.638. The van der Waals surface area contributed by atoms with Crippen LogP contribution in [0.4, 0.5) is 5.82 Å². The van der Waals surface area contributed by atoms with Crippen molar-refractivity contribution in [1.29, 1.82) is 0 Å². The highest BCUT2D eigenvalue weighted by atomic mass is 15.2. The zero-order chi connectivity index (χ0) is 9.68. The number of hydrogen-bond donors (Lipinski definition) is 1. The Morgan fingerprint density at radius 2 is 2.08 bits per heavy atom. The van der Waals surface area contributed by atoms with Crippen molar-refractivity contribution in [2.24, 2.45) is 5.92 Å². The van der Waals surface area contributed by atoms with Crippen LogP contribution in [0.5, 0.6) is 0 Å². The molecule has 0 saturated carbocycles. The zero-order valence-electron chi connectivity index (χ0n) is 8.54. The van der Waals surface area contributed by atoms with E-state index in [2.05, 4.69) is 29.4 Å². The Hall–Kier alpha value is -1.12. The van der Waals surface area contributed by atoms with Gasteiger partial charge in [0.25, 0.3) is 0 Å². The van der Waals surface area contributed by atoms with Gasteiger partial charge in [0.05, 0.1) is 5.69 Å². The van der Waals surface area contributed by atoms with Gasteiger partial charge in [-0.3, -0.25) is 0 Å². The normalized spacial score (nSPS) is 10.5. The van der Waals surface area contributed by atoms with E-state index in [4.69, 9.17) is 0 Å². The summed E-state index contributed by atoms with van der Waals surface area (Å²) in [6.07, 6.45) is 0.999. The molecule has 1 aromatic heterocycles. The maximum absolute atomic E-state index is 4.12. The Morgan fingerprint density at radius 3 is 2.54 bits per heavy atom. The summed E-state index contributed by atoms with van der Waals surface area (Å²) in [5.41, 5.74) is 1.07. The molecule has 1 aromatic rings. The third kappa shape index (κ3) is 3.40. The van der Waals surface area contributed by atoms with Crippen LogP contribution in [0.15, 0.2) is 12.1 Å². The summed E-state index contributed by atoms with van der Waals surface area (Å²) in [7, 11) is 0. The molecule has 0 amide bonds. The Kier molecular flexibility index (Phi) is 3.68. The van der Waals surface area contributed by atoms with Gasteiger partial charge in [-0.15, -0.1) is 5.10 Å². The molecule has 0 aliphatic rings. The average Bonchev–Trinajstić information content (AvgIpc) is 2.08. The maximum atomic E-state index is 4.12. The van der Waals surface area contributed by atoms with Crippen molar-refractivity contribution in [3.63, 3.8) is 0 Å². The van der Waals surface area contributed by atoms with Gasteiger partial charge in [0.15, 0.2) is 0 Å². The van der Waals surface area contributed by atoms with Crippen molar-refractivity contribution in [3.8, 4) is 0 Å². The molecule has 3 nitrogen and oxygen atoms in total. The predicted molar refractivity (Wildman–Crippen MR) is 54.7 cm³/mol. The third-order valence-electron chi connectivity index (χ3n) is 1.70. The molecule has 0 unspecified atom stereocenters. The second-order valence-corrected chi connectivity index (χ2v) is 3.54. The molecule has 0 saturated heterocycles. The van der Waals surface area contributed by atoms with Gasteiger partial charge >= 0.3 is 0 Å². The summed E-state index contributed by atoms with van der Waals surface area (Å²) in [4.78, 5) is 0. The molecule has 1 heterocycles. The maximum Gasteiger partial charge on any atom is 0.148 e. The standard InChI is InChI=1S/C10H17N3/c1-4-11-10-6-5-9(12-13-10)7-8(2)3/h5-6,8H,4,7H2,1-3H3,(H,11,13). The molecule has 0 bridgehead atoms. The molecule has 0 radical (unpaired) electrons. The topological polar surface area (TPSA) is 37.8 Å². The van der Waals surface area contributed by atoms with Crippen molar-refractivity contribution < 1.29 is 0 Å². The first-order chi connectivity index (χ1) is 6.22. The summed E-state index contributed by atoms with van der Waals surface area (Å²) in [5, 5.41) is 11.3. The summed E-state index contributed by atoms with van der Waals surface area (Å²) >= 11 is 0. The molecule has 0 aliphatic heterocycles. The zero-order valence-corrected chi connectivity index (χ0v) is 8.54. The third-order valence-corrected chi connectivity index (χ3v) is 1.70. The second-order valence-electron chi connectivity index (χ2n) is 3.54. The van der Waals surface area contributed by atoms with Gasteiger partial charge < -0.3 is 5.32 Å². The van der Waals surface area contributed by atoms with Crippen molar-refractivity contribution in [2.75, 3.05) is 11.9 Å². The fourth-order valence-electron chi connectivity index (χ4n) is 1.16. The van der Waals surface area contributed by atoms with Crippen LogP contribution in [0, 0.1) is 5.92 Å². The van der Waals surface area contributed by atoms with E-state index in [1.54, 1.807) is 0 Å². The lowest BCUT2D eigenvalue weighted by Gasteiger charge is -2.04. The summed E-state index contributed by atoms with van der Waals surface area (Å²) in [6.45, 7) is 7.29. The lowest BCUT2D eigenvalue weighted by Crippen LogP contribution is -2.03. The Bertz CT molecular complexity index is 241. The van der Waals surface area contributed by atoms with Crippen molar-refractivity contribution in [3.05, 3.63) is 17.8 Å². The highest BCUT2D eigenvalue weighted by molar-refractivity contribution is 5.32. The van der Waals surface area contributed by atoms with Crippen molar-refractivity contribution in [1.82, 2.24) is 10.2 Å². The van der Waals surface area contributed by atoms with E-state index in [0.717, 1.165) is 24.5 Å². The van der Waals surface area contributed by atoms with Crippen LogP contribution >= 0.6 is 0 Å². The largest absolute Gasteiger partial charge is 0.369 e. The lowest BCUT2D eigenvalue weighted by molar-refractivity contribution is 0.628. The van der Waals surface area contributed by atoms with Gasteiger partial charge in [0, 0.05) is 6.54 Å². The van der Waals surface area contributed by atoms with Crippen LogP contribution < -0.4 is 5.32 Å². The minimum Gasteiger partial charge on any atom is -0.369 e. The molecule has 13 heavy (non-hydrogen) atoms. The van der Waals surface area contributed by atoms with Crippen molar-refractivity contribution in [2.45, 2.75) is 27.2 Å². The van der Waals surface area contributed by atoms with Crippen LogP contribution in [0.2, 0.25) is 0 Å². The smallest absolute Gasteiger partial charge is 0.148 e. The van der Waals surface area contributed by atoms with Gasteiger partial charge in [-0.1, -0.05) is 13.8 Å². The highest BCUT2D eigenvalue weighted by Crippen LogP contribution is 2.06. The van der Waals surface area contributed by atoms with E-state index >= 15 is 0 Å². The average molecular weight is 179 g/mol. The van der Waals surface area contributed by atoms with Crippen molar-refractivity contribution >= 4 is 5.82 Å². The molecule has 0 fully saturated rings. The number of hydrogen-bond acceptors (Lipinski definition) is 3. The second kappa shape index (κ2) is 4.80.